The number of imide groups is 1. The van der Waals surface area contributed by atoms with E-state index in [2.05, 4.69) is 20.1 Å². The summed E-state index contributed by atoms with van der Waals surface area (Å²) >= 11 is 1.57. The van der Waals surface area contributed by atoms with Crippen LogP contribution in [0.15, 0.2) is 41.9 Å². The highest BCUT2D eigenvalue weighted by molar-refractivity contribution is 7.16. The van der Waals surface area contributed by atoms with Crippen LogP contribution in [0.5, 0.6) is 0 Å². The molecule has 2 saturated heterocycles. The van der Waals surface area contributed by atoms with E-state index in [1.54, 1.807) is 17.5 Å². The van der Waals surface area contributed by atoms with Crippen molar-refractivity contribution in [1.82, 2.24) is 25.2 Å². The summed E-state index contributed by atoms with van der Waals surface area (Å²) in [6, 6.07) is 10.2. The standard InChI is InChI=1S/C25H22N6O2S/c32-22-19(17-12-26-24-15(17)7-11-34-24)20(23(33)29-22)21-16-5-1-2-6-18(16)27-25(28-21)31-10-9-30-8-3-4-14(30)13-31/h1-2,5-7,11-12,14,26H,3-4,8-10,13H2,(H,29,32,33). The number of H-pyrrole nitrogens is 1. The largest absolute Gasteiger partial charge is 0.352 e. The van der Waals surface area contributed by atoms with Gasteiger partial charge in [0.15, 0.2) is 0 Å². The molecule has 0 saturated carbocycles. The number of fused-ring (bicyclic) bond motifs is 3. The fraction of sp³-hybridized carbons (Fsp3) is 0.280. The van der Waals surface area contributed by atoms with E-state index in [9.17, 15) is 9.59 Å². The summed E-state index contributed by atoms with van der Waals surface area (Å²) in [5.74, 6) is -0.190. The molecule has 3 aromatic heterocycles. The number of rotatable bonds is 3. The summed E-state index contributed by atoms with van der Waals surface area (Å²) in [5, 5.41) is 6.18. The van der Waals surface area contributed by atoms with Gasteiger partial charge in [0.2, 0.25) is 5.95 Å². The molecule has 1 unspecified atom stereocenters. The number of benzene rings is 1. The second-order valence-corrected chi connectivity index (χ2v) is 9.98. The molecular weight excluding hydrogens is 448 g/mol. The fourth-order valence-electron chi connectivity index (χ4n) is 5.56. The number of hydrogen-bond donors (Lipinski definition) is 2. The molecule has 170 valence electrons. The van der Waals surface area contributed by atoms with Crippen molar-refractivity contribution in [2.45, 2.75) is 18.9 Å². The Kier molecular flexibility index (Phi) is 4.37. The number of carbonyl (C=O) groups is 2. The van der Waals surface area contributed by atoms with E-state index >= 15 is 0 Å². The molecule has 9 heteroatoms. The summed E-state index contributed by atoms with van der Waals surface area (Å²) in [4.78, 5) is 45.0. The summed E-state index contributed by atoms with van der Waals surface area (Å²) in [7, 11) is 0. The number of nitrogens with zero attached hydrogens (tertiary/aromatic N) is 4. The highest BCUT2D eigenvalue weighted by Crippen LogP contribution is 2.38. The van der Waals surface area contributed by atoms with Crippen LogP contribution in [0, 0.1) is 0 Å². The quantitative estimate of drug-likeness (QED) is 0.447. The Labute approximate surface area is 199 Å². The van der Waals surface area contributed by atoms with Gasteiger partial charge in [-0.1, -0.05) is 18.2 Å². The molecule has 2 N–H and O–H groups in total. The number of anilines is 1. The van der Waals surface area contributed by atoms with Crippen molar-refractivity contribution in [3.05, 3.63) is 53.2 Å². The number of amides is 2. The zero-order valence-electron chi connectivity index (χ0n) is 18.4. The van der Waals surface area contributed by atoms with Crippen molar-refractivity contribution in [1.29, 1.82) is 0 Å². The van der Waals surface area contributed by atoms with Crippen molar-refractivity contribution in [2.75, 3.05) is 31.1 Å². The summed E-state index contributed by atoms with van der Waals surface area (Å²) in [5.41, 5.74) is 2.68. The molecule has 2 fully saturated rings. The number of aromatic amines is 1. The van der Waals surface area contributed by atoms with Crippen LogP contribution in [0.4, 0.5) is 5.95 Å². The van der Waals surface area contributed by atoms with E-state index in [0.717, 1.165) is 52.9 Å². The number of aromatic nitrogens is 3. The van der Waals surface area contributed by atoms with Crippen molar-refractivity contribution in [3.8, 4) is 0 Å². The number of hydrogen-bond acceptors (Lipinski definition) is 7. The molecule has 3 aliphatic rings. The Morgan fingerprint density at radius 1 is 0.971 bits per heavy atom. The van der Waals surface area contributed by atoms with Gasteiger partial charge in [0.1, 0.15) is 4.83 Å². The van der Waals surface area contributed by atoms with Gasteiger partial charge in [-0.2, -0.15) is 0 Å². The first-order valence-corrected chi connectivity index (χ1v) is 12.5. The van der Waals surface area contributed by atoms with Gasteiger partial charge in [-0.25, -0.2) is 9.97 Å². The molecule has 34 heavy (non-hydrogen) atoms. The Morgan fingerprint density at radius 3 is 2.79 bits per heavy atom. The van der Waals surface area contributed by atoms with Crippen LogP contribution in [-0.2, 0) is 9.59 Å². The van der Waals surface area contributed by atoms with Crippen molar-refractivity contribution in [3.63, 3.8) is 0 Å². The third-order valence-electron chi connectivity index (χ3n) is 7.20. The Hall–Kier alpha value is -3.56. The second-order valence-electron chi connectivity index (χ2n) is 9.07. The van der Waals surface area contributed by atoms with E-state index in [1.165, 1.54) is 12.8 Å². The van der Waals surface area contributed by atoms with Gasteiger partial charge in [0, 0.05) is 48.2 Å². The Morgan fingerprint density at radius 2 is 1.85 bits per heavy atom. The number of piperazine rings is 1. The van der Waals surface area contributed by atoms with Gasteiger partial charge in [-0.15, -0.1) is 11.3 Å². The molecule has 0 spiro atoms. The summed E-state index contributed by atoms with van der Waals surface area (Å²) in [6.45, 7) is 3.87. The van der Waals surface area contributed by atoms with Crippen molar-refractivity contribution in [2.24, 2.45) is 0 Å². The second kappa shape index (κ2) is 7.48. The van der Waals surface area contributed by atoms with Gasteiger partial charge in [0.25, 0.3) is 11.8 Å². The van der Waals surface area contributed by atoms with Crippen molar-refractivity contribution >= 4 is 61.4 Å². The predicted molar refractivity (Wildman–Crippen MR) is 132 cm³/mol. The minimum atomic E-state index is -0.417. The molecule has 6 heterocycles. The lowest BCUT2D eigenvalue weighted by atomic mass is 9.97. The van der Waals surface area contributed by atoms with E-state index in [-0.39, 0.29) is 0 Å². The first kappa shape index (κ1) is 19.9. The molecule has 8 nitrogen and oxygen atoms in total. The molecule has 0 radical (unpaired) electrons. The van der Waals surface area contributed by atoms with Crippen LogP contribution < -0.4 is 10.2 Å². The van der Waals surface area contributed by atoms with Gasteiger partial charge in [-0.3, -0.25) is 19.8 Å². The number of nitrogens with one attached hydrogen (secondary N) is 2. The minimum absolute atomic E-state index is 0.316. The number of carbonyl (C=O) groups excluding carboxylic acids is 2. The molecule has 7 rings (SSSR count). The number of thiophene rings is 1. The monoisotopic (exact) mass is 470 g/mol. The van der Waals surface area contributed by atoms with Gasteiger partial charge >= 0.3 is 0 Å². The zero-order valence-corrected chi connectivity index (χ0v) is 19.2. The van der Waals surface area contributed by atoms with Gasteiger partial charge in [0.05, 0.1) is 22.4 Å². The molecule has 2 amide bonds. The summed E-state index contributed by atoms with van der Waals surface area (Å²) < 4.78 is 0. The van der Waals surface area contributed by atoms with Crippen molar-refractivity contribution < 1.29 is 9.59 Å². The van der Waals surface area contributed by atoms with E-state index in [1.807, 2.05) is 35.7 Å². The van der Waals surface area contributed by atoms with Gasteiger partial charge < -0.3 is 9.88 Å². The highest BCUT2D eigenvalue weighted by atomic mass is 32.1. The van der Waals surface area contributed by atoms with Crippen LogP contribution >= 0.6 is 11.3 Å². The van der Waals surface area contributed by atoms with Crippen LogP contribution in [0.2, 0.25) is 0 Å². The lowest BCUT2D eigenvalue weighted by molar-refractivity contribution is -0.122. The third-order valence-corrected chi connectivity index (χ3v) is 8.05. The van der Waals surface area contributed by atoms with Crippen LogP contribution in [0.3, 0.4) is 0 Å². The van der Waals surface area contributed by atoms with E-state index in [0.29, 0.717) is 28.8 Å². The molecule has 4 aromatic rings. The SMILES string of the molecule is O=C1NC(=O)C(c2c[nH]c3sccc23)=C1c1nc(N2CCN3CCCC3C2)nc2ccccc12. The maximum Gasteiger partial charge on any atom is 0.261 e. The summed E-state index contributed by atoms with van der Waals surface area (Å²) in [6.07, 6.45) is 4.22. The van der Waals surface area contributed by atoms with Crippen LogP contribution in [0.1, 0.15) is 24.1 Å². The topological polar surface area (TPSA) is 94.2 Å². The fourth-order valence-corrected chi connectivity index (χ4v) is 6.33. The third kappa shape index (κ3) is 2.93. The highest BCUT2D eigenvalue weighted by Gasteiger charge is 2.37. The zero-order chi connectivity index (χ0) is 22.8. The van der Waals surface area contributed by atoms with E-state index < -0.39 is 11.8 Å². The molecule has 3 aliphatic heterocycles. The molecule has 1 atom stereocenters. The first-order valence-electron chi connectivity index (χ1n) is 11.6. The molecule has 0 bridgehead atoms. The Balaban J connectivity index is 1.43. The molecular formula is C25H22N6O2S. The molecule has 1 aromatic carbocycles. The van der Waals surface area contributed by atoms with Crippen LogP contribution in [0.25, 0.3) is 32.3 Å². The van der Waals surface area contributed by atoms with E-state index in [4.69, 9.17) is 9.97 Å². The first-order chi connectivity index (χ1) is 16.7. The minimum Gasteiger partial charge on any atom is -0.352 e. The number of para-hydroxylation sites is 1. The normalized spacial score (nSPS) is 21.2. The average Bonchev–Trinajstić information content (AvgIpc) is 3.62. The predicted octanol–water partition coefficient (Wildman–Crippen LogP) is 3.02. The smallest absolute Gasteiger partial charge is 0.261 e. The lowest BCUT2D eigenvalue weighted by Crippen LogP contribution is -2.50. The van der Waals surface area contributed by atoms with Crippen LogP contribution in [-0.4, -0.2) is 63.9 Å². The maximum absolute atomic E-state index is 13.2. The van der Waals surface area contributed by atoms with Gasteiger partial charge in [-0.05, 0) is 36.9 Å². The Bertz CT molecular complexity index is 1520. The average molecular weight is 471 g/mol. The lowest BCUT2D eigenvalue weighted by Gasteiger charge is -2.37. The maximum atomic E-state index is 13.2. The molecule has 0 aliphatic carbocycles.